The molecule has 7 heteroatoms. The van der Waals surface area contributed by atoms with Gasteiger partial charge in [0.15, 0.2) is 5.17 Å². The van der Waals surface area contributed by atoms with Crippen LogP contribution in [0, 0.1) is 0 Å². The number of amides is 2. The average Bonchev–Trinajstić information content (AvgIpc) is 2.66. The molecule has 0 aromatic rings. The first-order chi connectivity index (χ1) is 7.09. The van der Waals surface area contributed by atoms with Crippen molar-refractivity contribution in [2.24, 2.45) is 4.99 Å². The van der Waals surface area contributed by atoms with Gasteiger partial charge in [0.2, 0.25) is 0 Å². The zero-order valence-electron chi connectivity index (χ0n) is 8.32. The van der Waals surface area contributed by atoms with Crippen LogP contribution in [0.5, 0.6) is 0 Å². The number of hydrogen-bond donors (Lipinski definition) is 3. The molecule has 15 heavy (non-hydrogen) atoms. The van der Waals surface area contributed by atoms with Gasteiger partial charge >= 0.3 is 11.8 Å². The summed E-state index contributed by atoms with van der Waals surface area (Å²) in [4.78, 5) is 26.3. The second kappa shape index (κ2) is 5.72. The third kappa shape index (κ3) is 4.30. The zero-order chi connectivity index (χ0) is 11.3. The number of carbonyl (C=O) groups is 2. The van der Waals surface area contributed by atoms with Gasteiger partial charge < -0.3 is 10.4 Å². The molecule has 0 aromatic carbocycles. The van der Waals surface area contributed by atoms with Crippen LogP contribution in [0.25, 0.3) is 0 Å². The topological polar surface area (TPSA) is 90.8 Å². The molecule has 0 fully saturated rings. The van der Waals surface area contributed by atoms with Crippen LogP contribution < -0.4 is 10.6 Å². The Kier molecular flexibility index (Phi) is 4.57. The van der Waals surface area contributed by atoms with E-state index >= 15 is 0 Å². The fraction of sp³-hybridized carbons (Fsp3) is 0.625. The van der Waals surface area contributed by atoms with Crippen molar-refractivity contribution in [2.75, 3.05) is 18.8 Å². The second-order valence-corrected chi connectivity index (χ2v) is 4.13. The van der Waals surface area contributed by atoms with Crippen molar-refractivity contribution >= 4 is 28.7 Å². The first-order valence-corrected chi connectivity index (χ1v) is 5.52. The summed E-state index contributed by atoms with van der Waals surface area (Å²) in [6.07, 6.45) is -0.667. The van der Waals surface area contributed by atoms with E-state index in [0.717, 1.165) is 5.75 Å². The fourth-order valence-corrected chi connectivity index (χ4v) is 1.61. The quantitative estimate of drug-likeness (QED) is 0.515. The van der Waals surface area contributed by atoms with Gasteiger partial charge in [-0.3, -0.25) is 19.9 Å². The minimum atomic E-state index is -0.758. The number of nitrogens with one attached hydrogen (secondary N) is 2. The molecule has 0 saturated heterocycles. The normalized spacial score (nSPS) is 16.8. The highest BCUT2D eigenvalue weighted by molar-refractivity contribution is 8.14. The van der Waals surface area contributed by atoms with Gasteiger partial charge in [-0.1, -0.05) is 11.8 Å². The van der Waals surface area contributed by atoms with E-state index in [1.807, 2.05) is 0 Å². The van der Waals surface area contributed by atoms with E-state index in [1.54, 1.807) is 0 Å². The Labute approximate surface area is 91.5 Å². The highest BCUT2D eigenvalue weighted by Crippen LogP contribution is 2.08. The maximum Gasteiger partial charge on any atom is 0.315 e. The van der Waals surface area contributed by atoms with Gasteiger partial charge in [-0.05, 0) is 6.92 Å². The molecule has 1 rings (SSSR count). The van der Waals surface area contributed by atoms with Gasteiger partial charge in [-0.15, -0.1) is 0 Å². The number of thioether (sulfide) groups is 1. The standard InChI is InChI=1S/C8H13N3O3S/c1-5(12)4-10-6(13)7(14)11-8-9-2-3-15-8/h5,12H,2-4H2,1H3,(H,10,13)(H,9,11,14). The molecular formula is C8H13N3O3S. The van der Waals surface area contributed by atoms with Crippen LogP contribution in [-0.2, 0) is 9.59 Å². The first-order valence-electron chi connectivity index (χ1n) is 4.54. The van der Waals surface area contributed by atoms with Crippen LogP contribution in [0.1, 0.15) is 6.92 Å². The lowest BCUT2D eigenvalue weighted by molar-refractivity contribution is -0.138. The Morgan fingerprint density at radius 2 is 2.33 bits per heavy atom. The van der Waals surface area contributed by atoms with Crippen LogP contribution >= 0.6 is 11.8 Å². The number of aliphatic hydroxyl groups is 1. The molecule has 0 bridgehead atoms. The lowest BCUT2D eigenvalue weighted by atomic mass is 10.4. The minimum absolute atomic E-state index is 0.0614. The van der Waals surface area contributed by atoms with Crippen LogP contribution in [0.3, 0.4) is 0 Å². The maximum atomic E-state index is 11.2. The van der Waals surface area contributed by atoms with Crippen molar-refractivity contribution in [3.63, 3.8) is 0 Å². The van der Waals surface area contributed by atoms with Gasteiger partial charge in [0.25, 0.3) is 0 Å². The van der Waals surface area contributed by atoms with E-state index in [9.17, 15) is 9.59 Å². The number of hydrogen-bond acceptors (Lipinski definition) is 5. The van der Waals surface area contributed by atoms with Gasteiger partial charge in [-0.2, -0.15) is 0 Å². The molecule has 0 spiro atoms. The Morgan fingerprint density at radius 3 is 2.87 bits per heavy atom. The van der Waals surface area contributed by atoms with Crippen LogP contribution in [0.15, 0.2) is 4.99 Å². The van der Waals surface area contributed by atoms with Crippen molar-refractivity contribution < 1.29 is 14.7 Å². The lowest BCUT2D eigenvalue weighted by Crippen LogP contribution is -2.43. The molecule has 0 radical (unpaired) electrons. The summed E-state index contributed by atoms with van der Waals surface area (Å²) >= 11 is 1.40. The maximum absolute atomic E-state index is 11.2. The van der Waals surface area contributed by atoms with Crippen LogP contribution in [0.2, 0.25) is 0 Å². The third-order valence-electron chi connectivity index (χ3n) is 1.57. The molecule has 3 N–H and O–H groups in total. The predicted molar refractivity (Wildman–Crippen MR) is 57.6 cm³/mol. The molecule has 6 nitrogen and oxygen atoms in total. The SMILES string of the molecule is CC(O)CNC(=O)C(=O)NC1=NCCS1. The van der Waals surface area contributed by atoms with Crippen molar-refractivity contribution in [2.45, 2.75) is 13.0 Å². The molecule has 1 heterocycles. The summed E-state index contributed by atoms with van der Waals surface area (Å²) in [7, 11) is 0. The van der Waals surface area contributed by atoms with Gasteiger partial charge in [0, 0.05) is 12.3 Å². The smallest absolute Gasteiger partial charge is 0.315 e. The highest BCUT2D eigenvalue weighted by Gasteiger charge is 2.17. The Balaban J connectivity index is 2.29. The van der Waals surface area contributed by atoms with E-state index in [1.165, 1.54) is 18.7 Å². The Morgan fingerprint density at radius 1 is 1.60 bits per heavy atom. The zero-order valence-corrected chi connectivity index (χ0v) is 9.13. The molecule has 1 aliphatic rings. The van der Waals surface area contributed by atoms with Crippen molar-refractivity contribution in [1.82, 2.24) is 10.6 Å². The number of carbonyl (C=O) groups excluding carboxylic acids is 2. The molecular weight excluding hydrogens is 218 g/mol. The van der Waals surface area contributed by atoms with Gasteiger partial charge in [0.05, 0.1) is 12.6 Å². The average molecular weight is 231 g/mol. The molecule has 1 atom stereocenters. The summed E-state index contributed by atoms with van der Waals surface area (Å²) in [5.74, 6) is -0.680. The molecule has 2 amide bonds. The van der Waals surface area contributed by atoms with E-state index in [2.05, 4.69) is 15.6 Å². The van der Waals surface area contributed by atoms with Gasteiger partial charge in [-0.25, -0.2) is 0 Å². The molecule has 1 unspecified atom stereocenters. The van der Waals surface area contributed by atoms with Crippen LogP contribution in [0.4, 0.5) is 0 Å². The number of aliphatic imine (C=N–C) groups is 1. The van der Waals surface area contributed by atoms with Crippen molar-refractivity contribution in [1.29, 1.82) is 0 Å². The monoisotopic (exact) mass is 231 g/mol. The summed E-state index contributed by atoms with van der Waals surface area (Å²) < 4.78 is 0. The number of nitrogens with zero attached hydrogens (tertiary/aromatic N) is 1. The fourth-order valence-electron chi connectivity index (χ4n) is 0.885. The Bertz CT molecular complexity index is 291. The van der Waals surface area contributed by atoms with Crippen molar-refractivity contribution in [3.05, 3.63) is 0 Å². The number of amidine groups is 1. The van der Waals surface area contributed by atoms with E-state index in [4.69, 9.17) is 5.11 Å². The van der Waals surface area contributed by atoms with E-state index < -0.39 is 17.9 Å². The van der Waals surface area contributed by atoms with E-state index in [0.29, 0.717) is 11.7 Å². The van der Waals surface area contributed by atoms with Crippen LogP contribution in [-0.4, -0.2) is 47.0 Å². The van der Waals surface area contributed by atoms with Crippen molar-refractivity contribution in [3.8, 4) is 0 Å². The predicted octanol–water partition coefficient (Wildman–Crippen LogP) is -1.30. The lowest BCUT2D eigenvalue weighted by Gasteiger charge is -2.06. The van der Waals surface area contributed by atoms with E-state index in [-0.39, 0.29) is 6.54 Å². The number of aliphatic hydroxyl groups excluding tert-OH is 1. The summed E-state index contributed by atoms with van der Waals surface area (Å²) in [5, 5.41) is 14.0. The molecule has 0 aliphatic carbocycles. The largest absolute Gasteiger partial charge is 0.392 e. The summed E-state index contributed by atoms with van der Waals surface area (Å²) in [5.41, 5.74) is 0. The molecule has 0 aromatic heterocycles. The molecule has 84 valence electrons. The first kappa shape index (κ1) is 12.0. The van der Waals surface area contributed by atoms with Gasteiger partial charge in [0.1, 0.15) is 0 Å². The Hall–Kier alpha value is -1.08. The molecule has 1 aliphatic heterocycles. The summed E-state index contributed by atoms with van der Waals surface area (Å²) in [6, 6.07) is 0. The summed E-state index contributed by atoms with van der Waals surface area (Å²) in [6.45, 7) is 2.25. The number of rotatable bonds is 2. The second-order valence-electron chi connectivity index (χ2n) is 3.05. The highest BCUT2D eigenvalue weighted by atomic mass is 32.2. The third-order valence-corrected chi connectivity index (χ3v) is 2.46. The molecule has 0 saturated carbocycles. The minimum Gasteiger partial charge on any atom is -0.392 e.